The van der Waals surface area contributed by atoms with Crippen molar-refractivity contribution in [2.45, 2.75) is 6.42 Å². The van der Waals surface area contributed by atoms with E-state index in [1.54, 1.807) is 36.4 Å². The Morgan fingerprint density at radius 2 is 2.20 bits per heavy atom. The number of Topliss-reactive ketones (excluding diaryl/α,β-unsaturated/α-hetero) is 2. The molecule has 3 heteroatoms. The highest BCUT2D eigenvalue weighted by atomic mass is 16.1. The molecular formula is C12H9NO2. The summed E-state index contributed by atoms with van der Waals surface area (Å²) in [5, 5.41) is 0. The molecule has 0 amide bonds. The lowest BCUT2D eigenvalue weighted by atomic mass is 9.98. The van der Waals surface area contributed by atoms with Crippen molar-refractivity contribution in [3.8, 4) is 0 Å². The summed E-state index contributed by atoms with van der Waals surface area (Å²) in [6, 6.07) is 5.06. The fraction of sp³-hybridized carbons (Fsp3) is 0.0833. The van der Waals surface area contributed by atoms with Crippen LogP contribution in [0.4, 0.5) is 0 Å². The van der Waals surface area contributed by atoms with Gasteiger partial charge in [0, 0.05) is 12.6 Å². The van der Waals surface area contributed by atoms with Gasteiger partial charge in [0.2, 0.25) is 5.78 Å². The number of carbonyl (C=O) groups is 2. The van der Waals surface area contributed by atoms with E-state index in [-0.39, 0.29) is 17.1 Å². The predicted molar refractivity (Wildman–Crippen MR) is 55.4 cm³/mol. The van der Waals surface area contributed by atoms with Gasteiger partial charge in [0.15, 0.2) is 5.78 Å². The summed E-state index contributed by atoms with van der Waals surface area (Å²) in [4.78, 5) is 27.2. The van der Waals surface area contributed by atoms with Crippen LogP contribution in [0.1, 0.15) is 16.9 Å². The van der Waals surface area contributed by atoms with Crippen LogP contribution >= 0.6 is 0 Å². The van der Waals surface area contributed by atoms with E-state index in [0.717, 1.165) is 0 Å². The van der Waals surface area contributed by atoms with Crippen molar-refractivity contribution >= 4 is 11.6 Å². The number of ketones is 2. The highest BCUT2D eigenvalue weighted by Gasteiger charge is 2.20. The summed E-state index contributed by atoms with van der Waals surface area (Å²) in [7, 11) is 0. The fourth-order valence-corrected chi connectivity index (χ4v) is 1.38. The monoisotopic (exact) mass is 199 g/mol. The maximum atomic E-state index is 11.8. The third-order valence-electron chi connectivity index (χ3n) is 2.14. The quantitative estimate of drug-likeness (QED) is 0.538. The number of aromatic nitrogens is 1. The molecule has 0 bridgehead atoms. The van der Waals surface area contributed by atoms with Crippen molar-refractivity contribution in [2.24, 2.45) is 0 Å². The van der Waals surface area contributed by atoms with Gasteiger partial charge in [0.25, 0.3) is 0 Å². The lowest BCUT2D eigenvalue weighted by molar-refractivity contribution is -0.114. The zero-order valence-electron chi connectivity index (χ0n) is 8.01. The molecule has 3 nitrogen and oxygen atoms in total. The summed E-state index contributed by atoms with van der Waals surface area (Å²) in [6.45, 7) is 0. The summed E-state index contributed by atoms with van der Waals surface area (Å²) < 4.78 is 0. The maximum Gasteiger partial charge on any atom is 0.214 e. The first kappa shape index (κ1) is 9.52. The molecule has 0 saturated carbocycles. The average Bonchev–Trinajstić information content (AvgIpc) is 2.30. The van der Waals surface area contributed by atoms with E-state index in [9.17, 15) is 9.59 Å². The highest BCUT2D eigenvalue weighted by Crippen LogP contribution is 2.12. The van der Waals surface area contributed by atoms with Crippen LogP contribution < -0.4 is 0 Å². The van der Waals surface area contributed by atoms with Gasteiger partial charge in [-0.3, -0.25) is 14.6 Å². The smallest absolute Gasteiger partial charge is 0.214 e. The topological polar surface area (TPSA) is 47.0 Å². The first-order valence-electron chi connectivity index (χ1n) is 4.65. The van der Waals surface area contributed by atoms with Gasteiger partial charge in [-0.25, -0.2) is 0 Å². The van der Waals surface area contributed by atoms with E-state index in [2.05, 4.69) is 4.98 Å². The first-order chi connectivity index (χ1) is 7.29. The molecule has 0 fully saturated rings. The van der Waals surface area contributed by atoms with Crippen molar-refractivity contribution in [1.82, 2.24) is 4.98 Å². The van der Waals surface area contributed by atoms with Gasteiger partial charge in [-0.15, -0.1) is 0 Å². The molecule has 0 aliphatic heterocycles. The Labute approximate surface area is 87.1 Å². The molecule has 0 spiro atoms. The van der Waals surface area contributed by atoms with Gasteiger partial charge in [0.05, 0.1) is 5.57 Å². The Morgan fingerprint density at radius 3 is 2.87 bits per heavy atom. The predicted octanol–water partition coefficient (Wildman–Crippen LogP) is 1.72. The number of hydrogen-bond donors (Lipinski definition) is 0. The third-order valence-corrected chi connectivity index (χ3v) is 2.14. The molecular weight excluding hydrogens is 190 g/mol. The van der Waals surface area contributed by atoms with Gasteiger partial charge in [-0.05, 0) is 18.2 Å². The fourth-order valence-electron chi connectivity index (χ4n) is 1.38. The van der Waals surface area contributed by atoms with Gasteiger partial charge < -0.3 is 0 Å². The molecule has 0 saturated heterocycles. The van der Waals surface area contributed by atoms with Crippen LogP contribution in [0.15, 0.2) is 48.2 Å². The minimum absolute atomic E-state index is 0.145. The Kier molecular flexibility index (Phi) is 2.54. The molecule has 0 radical (unpaired) electrons. The van der Waals surface area contributed by atoms with Crippen LogP contribution in [0.2, 0.25) is 0 Å². The van der Waals surface area contributed by atoms with E-state index in [4.69, 9.17) is 0 Å². The molecule has 0 unspecified atom stereocenters. The van der Waals surface area contributed by atoms with Gasteiger partial charge in [-0.2, -0.15) is 0 Å². The maximum absolute atomic E-state index is 11.8. The summed E-state index contributed by atoms with van der Waals surface area (Å²) >= 11 is 0. The van der Waals surface area contributed by atoms with Gasteiger partial charge in [0.1, 0.15) is 5.69 Å². The largest absolute Gasteiger partial charge is 0.294 e. The van der Waals surface area contributed by atoms with Crippen LogP contribution in [-0.4, -0.2) is 16.6 Å². The number of hydrogen-bond acceptors (Lipinski definition) is 3. The minimum Gasteiger partial charge on any atom is -0.294 e. The number of rotatable bonds is 2. The van der Waals surface area contributed by atoms with E-state index >= 15 is 0 Å². The normalized spacial score (nSPS) is 14.9. The number of carbonyl (C=O) groups excluding carboxylic acids is 2. The van der Waals surface area contributed by atoms with Crippen LogP contribution in [0.5, 0.6) is 0 Å². The molecule has 1 aromatic rings. The lowest BCUT2D eigenvalue weighted by Gasteiger charge is -2.05. The molecule has 0 N–H and O–H groups in total. The van der Waals surface area contributed by atoms with E-state index in [0.29, 0.717) is 12.1 Å². The van der Waals surface area contributed by atoms with Crippen molar-refractivity contribution < 1.29 is 9.59 Å². The summed E-state index contributed by atoms with van der Waals surface area (Å²) in [6.07, 6.45) is 6.83. The number of allylic oxidation sites excluding steroid dienone is 4. The van der Waals surface area contributed by atoms with Crippen LogP contribution in [0.3, 0.4) is 0 Å². The molecule has 1 aromatic heterocycles. The van der Waals surface area contributed by atoms with Gasteiger partial charge >= 0.3 is 0 Å². The second-order valence-electron chi connectivity index (χ2n) is 3.18. The molecule has 1 aliphatic carbocycles. The Balaban J connectivity index is 2.33. The van der Waals surface area contributed by atoms with Crippen molar-refractivity contribution in [1.29, 1.82) is 0 Å². The lowest BCUT2D eigenvalue weighted by Crippen LogP contribution is -2.15. The number of pyridine rings is 1. The van der Waals surface area contributed by atoms with Crippen LogP contribution in [0, 0.1) is 0 Å². The Morgan fingerprint density at radius 1 is 1.33 bits per heavy atom. The molecule has 1 aliphatic rings. The molecule has 0 aromatic carbocycles. The summed E-state index contributed by atoms with van der Waals surface area (Å²) in [5.74, 6) is -0.446. The first-order valence-corrected chi connectivity index (χ1v) is 4.65. The molecule has 1 heterocycles. The van der Waals surface area contributed by atoms with Crippen molar-refractivity contribution in [3.05, 3.63) is 53.9 Å². The second kappa shape index (κ2) is 4.00. The molecule has 0 atom stereocenters. The zero-order chi connectivity index (χ0) is 10.7. The standard InChI is InChI=1S/C12H9NO2/c14-11-7-2-1-5-9(11)12(15)10-6-3-4-8-13-10/h1-6,8H,7H2. The summed E-state index contributed by atoms with van der Waals surface area (Å²) in [5.41, 5.74) is 0.531. The SMILES string of the molecule is O=C1CC=CC=C1C(=O)c1ccccn1. The third kappa shape index (κ3) is 1.91. The van der Waals surface area contributed by atoms with Gasteiger partial charge in [-0.1, -0.05) is 18.2 Å². The van der Waals surface area contributed by atoms with Crippen LogP contribution in [0.25, 0.3) is 0 Å². The van der Waals surface area contributed by atoms with E-state index < -0.39 is 0 Å². The molecule has 74 valence electrons. The number of nitrogens with zero attached hydrogens (tertiary/aromatic N) is 1. The molecule has 15 heavy (non-hydrogen) atoms. The van der Waals surface area contributed by atoms with Crippen LogP contribution in [-0.2, 0) is 4.79 Å². The highest BCUT2D eigenvalue weighted by molar-refractivity contribution is 6.26. The average molecular weight is 199 g/mol. The van der Waals surface area contributed by atoms with Crippen molar-refractivity contribution in [2.75, 3.05) is 0 Å². The van der Waals surface area contributed by atoms with E-state index in [1.165, 1.54) is 6.20 Å². The minimum atomic E-state index is -0.301. The Hall–Kier alpha value is -2.03. The second-order valence-corrected chi connectivity index (χ2v) is 3.18. The molecule has 2 rings (SSSR count). The zero-order valence-corrected chi connectivity index (χ0v) is 8.01. The Bertz CT molecular complexity index is 458. The van der Waals surface area contributed by atoms with E-state index in [1.807, 2.05) is 0 Å². The van der Waals surface area contributed by atoms with Crippen molar-refractivity contribution in [3.63, 3.8) is 0 Å².